The molecule has 6 heteroatoms. The first kappa shape index (κ1) is 23.0. The summed E-state index contributed by atoms with van der Waals surface area (Å²) in [5, 5.41) is 6.85. The van der Waals surface area contributed by atoms with Crippen molar-refractivity contribution in [2.24, 2.45) is 10.9 Å². The van der Waals surface area contributed by atoms with E-state index in [0.717, 1.165) is 77.8 Å². The molecule has 2 heterocycles. The molecule has 0 saturated carbocycles. The van der Waals surface area contributed by atoms with E-state index in [4.69, 9.17) is 14.5 Å². The Kier molecular flexibility index (Phi) is 10.5. The van der Waals surface area contributed by atoms with E-state index in [9.17, 15) is 0 Å². The summed E-state index contributed by atoms with van der Waals surface area (Å²) in [6, 6.07) is 11.3. The smallest absolute Gasteiger partial charge is 0.191 e. The lowest BCUT2D eigenvalue weighted by atomic mass is 10.0. The molecule has 0 spiro atoms. The van der Waals surface area contributed by atoms with E-state index >= 15 is 0 Å². The van der Waals surface area contributed by atoms with E-state index in [-0.39, 0.29) is 0 Å². The highest BCUT2D eigenvalue weighted by Crippen LogP contribution is 2.20. The molecule has 0 bridgehead atoms. The van der Waals surface area contributed by atoms with E-state index in [1.807, 2.05) is 0 Å². The molecule has 6 nitrogen and oxygen atoms in total. The Morgan fingerprint density at radius 2 is 2.00 bits per heavy atom. The fourth-order valence-corrected chi connectivity index (χ4v) is 4.21. The summed E-state index contributed by atoms with van der Waals surface area (Å²) in [6.45, 7) is 10.4. The van der Waals surface area contributed by atoms with Crippen molar-refractivity contribution in [1.29, 1.82) is 0 Å². The van der Waals surface area contributed by atoms with Crippen LogP contribution in [0.15, 0.2) is 35.3 Å². The highest BCUT2D eigenvalue weighted by Gasteiger charge is 2.24. The van der Waals surface area contributed by atoms with Crippen molar-refractivity contribution >= 4 is 5.96 Å². The van der Waals surface area contributed by atoms with Gasteiger partial charge in [-0.05, 0) is 57.1 Å². The molecule has 3 rings (SSSR count). The van der Waals surface area contributed by atoms with Crippen LogP contribution in [0.2, 0.25) is 0 Å². The summed E-state index contributed by atoms with van der Waals surface area (Å²) in [6.07, 6.45) is 5.77. The molecular formula is C24H40N4O2. The molecule has 1 unspecified atom stereocenters. The van der Waals surface area contributed by atoms with Crippen molar-refractivity contribution in [1.82, 2.24) is 15.5 Å². The number of nitrogens with one attached hydrogen (secondary N) is 2. The third-order valence-electron chi connectivity index (χ3n) is 5.98. The molecule has 2 fully saturated rings. The maximum absolute atomic E-state index is 5.86. The molecule has 0 aromatic heterocycles. The summed E-state index contributed by atoms with van der Waals surface area (Å²) in [5.74, 6) is 1.60. The Bertz CT molecular complexity index is 604. The molecular weight excluding hydrogens is 376 g/mol. The van der Waals surface area contributed by atoms with E-state index in [0.29, 0.717) is 12.0 Å². The SMILES string of the molecule is CCNC(=NCC1CCCN1Cc1ccccc1)NCCCOCC1CCOCC1. The Labute approximate surface area is 182 Å². The van der Waals surface area contributed by atoms with Gasteiger partial charge in [-0.2, -0.15) is 0 Å². The zero-order chi connectivity index (χ0) is 20.9. The number of likely N-dealkylation sites (tertiary alicyclic amines) is 1. The van der Waals surface area contributed by atoms with Gasteiger partial charge in [0.15, 0.2) is 5.96 Å². The maximum Gasteiger partial charge on any atom is 0.191 e. The second-order valence-electron chi connectivity index (χ2n) is 8.38. The van der Waals surface area contributed by atoms with E-state index < -0.39 is 0 Å². The average molecular weight is 417 g/mol. The molecule has 0 radical (unpaired) electrons. The predicted molar refractivity (Wildman–Crippen MR) is 123 cm³/mol. The first-order chi connectivity index (χ1) is 14.8. The molecule has 2 saturated heterocycles. The van der Waals surface area contributed by atoms with Crippen molar-refractivity contribution in [2.75, 3.05) is 52.6 Å². The summed E-state index contributed by atoms with van der Waals surface area (Å²) >= 11 is 0. The molecule has 1 atom stereocenters. The topological polar surface area (TPSA) is 58.1 Å². The van der Waals surface area contributed by atoms with Crippen LogP contribution in [0.3, 0.4) is 0 Å². The highest BCUT2D eigenvalue weighted by molar-refractivity contribution is 5.79. The van der Waals surface area contributed by atoms with Crippen molar-refractivity contribution < 1.29 is 9.47 Å². The fourth-order valence-electron chi connectivity index (χ4n) is 4.21. The van der Waals surface area contributed by atoms with Crippen LogP contribution in [-0.2, 0) is 16.0 Å². The van der Waals surface area contributed by atoms with Gasteiger partial charge in [-0.3, -0.25) is 9.89 Å². The van der Waals surface area contributed by atoms with Crippen LogP contribution in [0.5, 0.6) is 0 Å². The lowest BCUT2D eigenvalue weighted by Crippen LogP contribution is -2.39. The quantitative estimate of drug-likeness (QED) is 0.330. The van der Waals surface area contributed by atoms with Gasteiger partial charge in [0, 0.05) is 52.1 Å². The molecule has 0 amide bonds. The third kappa shape index (κ3) is 8.25. The summed E-state index contributed by atoms with van der Waals surface area (Å²) in [7, 11) is 0. The summed E-state index contributed by atoms with van der Waals surface area (Å²) in [5.41, 5.74) is 1.39. The van der Waals surface area contributed by atoms with Gasteiger partial charge in [-0.15, -0.1) is 0 Å². The van der Waals surface area contributed by atoms with Gasteiger partial charge in [0.25, 0.3) is 0 Å². The predicted octanol–water partition coefficient (Wildman–Crippen LogP) is 3.04. The monoisotopic (exact) mass is 416 g/mol. The van der Waals surface area contributed by atoms with Crippen molar-refractivity contribution in [3.8, 4) is 0 Å². The van der Waals surface area contributed by atoms with Gasteiger partial charge in [-0.1, -0.05) is 30.3 Å². The molecule has 0 aliphatic carbocycles. The Morgan fingerprint density at radius 3 is 2.80 bits per heavy atom. The van der Waals surface area contributed by atoms with Gasteiger partial charge in [0.2, 0.25) is 0 Å². The Balaban J connectivity index is 1.34. The third-order valence-corrected chi connectivity index (χ3v) is 5.98. The fraction of sp³-hybridized carbons (Fsp3) is 0.708. The minimum atomic E-state index is 0.531. The van der Waals surface area contributed by atoms with E-state index in [1.165, 1.54) is 24.9 Å². The van der Waals surface area contributed by atoms with Gasteiger partial charge in [-0.25, -0.2) is 0 Å². The van der Waals surface area contributed by atoms with Crippen LogP contribution in [0.1, 0.15) is 44.6 Å². The van der Waals surface area contributed by atoms with E-state index in [2.05, 4.69) is 52.8 Å². The highest BCUT2D eigenvalue weighted by atomic mass is 16.5. The lowest BCUT2D eigenvalue weighted by molar-refractivity contribution is 0.0203. The maximum atomic E-state index is 5.86. The Hall–Kier alpha value is -1.63. The molecule has 2 aliphatic heterocycles. The van der Waals surface area contributed by atoms with Crippen molar-refractivity contribution in [3.05, 3.63) is 35.9 Å². The lowest BCUT2D eigenvalue weighted by Gasteiger charge is -2.23. The minimum absolute atomic E-state index is 0.531. The van der Waals surface area contributed by atoms with Crippen molar-refractivity contribution in [2.45, 2.75) is 51.6 Å². The summed E-state index contributed by atoms with van der Waals surface area (Å²) in [4.78, 5) is 7.45. The summed E-state index contributed by atoms with van der Waals surface area (Å²) < 4.78 is 11.3. The van der Waals surface area contributed by atoms with Gasteiger partial charge >= 0.3 is 0 Å². The van der Waals surface area contributed by atoms with Gasteiger partial charge < -0.3 is 20.1 Å². The molecule has 1 aromatic carbocycles. The molecule has 2 N–H and O–H groups in total. The van der Waals surface area contributed by atoms with Crippen LogP contribution < -0.4 is 10.6 Å². The van der Waals surface area contributed by atoms with E-state index in [1.54, 1.807) is 0 Å². The largest absolute Gasteiger partial charge is 0.381 e. The number of aliphatic imine (C=N–C) groups is 1. The number of hydrogen-bond acceptors (Lipinski definition) is 4. The Morgan fingerprint density at radius 1 is 1.17 bits per heavy atom. The number of ether oxygens (including phenoxy) is 2. The zero-order valence-corrected chi connectivity index (χ0v) is 18.7. The molecule has 2 aliphatic rings. The number of hydrogen-bond donors (Lipinski definition) is 2. The van der Waals surface area contributed by atoms with Crippen LogP contribution in [0, 0.1) is 5.92 Å². The molecule has 1 aromatic rings. The number of rotatable bonds is 11. The zero-order valence-electron chi connectivity index (χ0n) is 18.7. The standard InChI is InChI=1S/C24H40N4O2/c1-2-25-24(26-13-7-15-30-20-22-11-16-29-17-12-22)27-18-23-10-6-14-28(23)19-21-8-4-3-5-9-21/h3-5,8-9,22-23H,2,6-7,10-20H2,1H3,(H2,25,26,27). The second-order valence-corrected chi connectivity index (χ2v) is 8.38. The molecule has 30 heavy (non-hydrogen) atoms. The normalized spacial score (nSPS) is 21.1. The minimum Gasteiger partial charge on any atom is -0.381 e. The average Bonchev–Trinajstić information content (AvgIpc) is 3.22. The number of benzene rings is 1. The van der Waals surface area contributed by atoms with Crippen LogP contribution in [0.25, 0.3) is 0 Å². The van der Waals surface area contributed by atoms with Gasteiger partial charge in [0.1, 0.15) is 0 Å². The number of nitrogens with zero attached hydrogens (tertiary/aromatic N) is 2. The first-order valence-corrected chi connectivity index (χ1v) is 11.8. The van der Waals surface area contributed by atoms with Crippen LogP contribution in [0.4, 0.5) is 0 Å². The van der Waals surface area contributed by atoms with Crippen LogP contribution >= 0.6 is 0 Å². The van der Waals surface area contributed by atoms with Crippen LogP contribution in [-0.4, -0.2) is 69.5 Å². The second kappa shape index (κ2) is 13.6. The van der Waals surface area contributed by atoms with Gasteiger partial charge in [0.05, 0.1) is 6.54 Å². The first-order valence-electron chi connectivity index (χ1n) is 11.8. The van der Waals surface area contributed by atoms with Crippen molar-refractivity contribution in [3.63, 3.8) is 0 Å². The number of guanidine groups is 1. The molecule has 168 valence electrons.